The van der Waals surface area contributed by atoms with E-state index in [0.29, 0.717) is 17.7 Å². The van der Waals surface area contributed by atoms with Crippen LogP contribution in [0.3, 0.4) is 0 Å². The van der Waals surface area contributed by atoms with Crippen molar-refractivity contribution in [3.05, 3.63) is 124 Å². The van der Waals surface area contributed by atoms with Gasteiger partial charge in [0, 0.05) is 21.5 Å². The molecule has 0 fully saturated rings. The van der Waals surface area contributed by atoms with Gasteiger partial charge in [0.2, 0.25) is 0 Å². The van der Waals surface area contributed by atoms with Gasteiger partial charge in [-0.2, -0.15) is 18.3 Å². The maximum Gasteiger partial charge on any atom is 0.418 e. The van der Waals surface area contributed by atoms with Crippen LogP contribution in [0.4, 0.5) is 26.3 Å². The number of alkyl halides is 3. The molecule has 0 aliphatic heterocycles. The smallest absolute Gasteiger partial charge is 0.259 e. The third-order valence-electron chi connectivity index (χ3n) is 6.30. The molecule has 0 saturated carbocycles. The monoisotopic (exact) mass is 544 g/mol. The van der Waals surface area contributed by atoms with Crippen LogP contribution in [0.25, 0.3) is 22.2 Å². The highest BCUT2D eigenvalue weighted by Gasteiger charge is 2.34. The molecule has 1 heterocycles. The molecular weight excluding hydrogens is 526 g/mol. The summed E-state index contributed by atoms with van der Waals surface area (Å²) in [6.07, 6.45) is -4.06. The van der Waals surface area contributed by atoms with Crippen LogP contribution in [0.1, 0.15) is 22.3 Å². The van der Waals surface area contributed by atoms with Gasteiger partial charge in [-0.05, 0) is 66.4 Å². The van der Waals surface area contributed by atoms with Crippen molar-refractivity contribution in [2.45, 2.75) is 25.6 Å². The number of benzene rings is 4. The number of aromatic nitrogens is 2. The molecule has 4 aromatic carbocycles. The lowest BCUT2D eigenvalue weighted by atomic mass is 9.99. The third kappa shape index (κ3) is 5.27. The number of halogens is 7. The molecule has 0 spiro atoms. The zero-order valence-corrected chi connectivity index (χ0v) is 20.4. The number of hydrogen-bond donors (Lipinski definition) is 0. The third-order valence-corrected chi connectivity index (χ3v) is 6.54. The van der Waals surface area contributed by atoms with Gasteiger partial charge in [0.1, 0.15) is 23.0 Å². The minimum atomic E-state index is -4.64. The second-order valence-electron chi connectivity index (χ2n) is 8.88. The highest BCUT2D eigenvalue weighted by Crippen LogP contribution is 2.38. The van der Waals surface area contributed by atoms with E-state index in [1.54, 1.807) is 24.3 Å². The second-order valence-corrected chi connectivity index (χ2v) is 9.31. The van der Waals surface area contributed by atoms with E-state index in [9.17, 15) is 26.3 Å². The first-order chi connectivity index (χ1) is 18.1. The predicted molar refractivity (Wildman–Crippen MR) is 134 cm³/mol. The quantitative estimate of drug-likeness (QED) is 0.196. The summed E-state index contributed by atoms with van der Waals surface area (Å²) in [6, 6.07) is 18.2. The molecule has 38 heavy (non-hydrogen) atoms. The Balaban J connectivity index is 1.59. The summed E-state index contributed by atoms with van der Waals surface area (Å²) in [4.78, 5) is 0. The molecule has 194 valence electrons. The first-order valence-electron chi connectivity index (χ1n) is 11.6. The van der Waals surface area contributed by atoms with Crippen molar-refractivity contribution in [1.29, 1.82) is 0 Å². The number of fused-ring (bicyclic) bond motifs is 1. The molecule has 0 atom stereocenters. The molecule has 9 heteroatoms. The highest BCUT2D eigenvalue weighted by molar-refractivity contribution is 6.30. The average Bonchev–Trinajstić information content (AvgIpc) is 3.24. The van der Waals surface area contributed by atoms with Gasteiger partial charge in [-0.3, -0.25) is 4.68 Å². The van der Waals surface area contributed by atoms with E-state index in [2.05, 4.69) is 5.10 Å². The van der Waals surface area contributed by atoms with Crippen LogP contribution in [0, 0.1) is 17.5 Å². The Kier molecular flexibility index (Phi) is 6.92. The Morgan fingerprint density at radius 2 is 1.55 bits per heavy atom. The van der Waals surface area contributed by atoms with Crippen molar-refractivity contribution in [2.24, 2.45) is 0 Å². The molecule has 0 aliphatic carbocycles. The summed E-state index contributed by atoms with van der Waals surface area (Å²) in [5, 5.41) is 4.71. The predicted octanol–water partition coefficient (Wildman–Crippen LogP) is 8.63. The summed E-state index contributed by atoms with van der Waals surface area (Å²) in [7, 11) is 0. The van der Waals surface area contributed by atoms with E-state index in [-0.39, 0.29) is 40.0 Å². The minimum absolute atomic E-state index is 0.136. The van der Waals surface area contributed by atoms with Gasteiger partial charge in [0.05, 0.1) is 17.8 Å². The van der Waals surface area contributed by atoms with Crippen LogP contribution < -0.4 is 0 Å². The zero-order chi connectivity index (χ0) is 27.0. The molecule has 0 radical (unpaired) electrons. The number of rotatable bonds is 6. The van der Waals surface area contributed by atoms with E-state index >= 15 is 0 Å². The second kappa shape index (κ2) is 10.2. The van der Waals surface area contributed by atoms with Crippen LogP contribution in [-0.4, -0.2) is 9.78 Å². The van der Waals surface area contributed by atoms with E-state index in [1.165, 1.54) is 28.9 Å². The molecule has 0 unspecified atom stereocenters. The molecule has 2 nitrogen and oxygen atoms in total. The molecule has 5 aromatic rings. The molecule has 5 rings (SSSR count). The summed E-state index contributed by atoms with van der Waals surface area (Å²) in [5.41, 5.74) is 0.962. The standard InChI is InChI=1S/C29H19ClF6N2/c30-21-10-9-20(26(33)15-21)16-38-28(23-5-2-6-24(27(23)37-38)29(34,35)36)19-4-1-3-17(13-19)7-8-18-14-22(31)11-12-25(18)32/h1-6,9-15H,7-8,16H2. The van der Waals surface area contributed by atoms with Crippen LogP contribution >= 0.6 is 11.6 Å². The van der Waals surface area contributed by atoms with Gasteiger partial charge in [0.15, 0.2) is 0 Å². The van der Waals surface area contributed by atoms with Crippen molar-refractivity contribution < 1.29 is 26.3 Å². The molecule has 0 saturated heterocycles. The molecule has 0 N–H and O–H groups in total. The van der Waals surface area contributed by atoms with Crippen LogP contribution in [0.2, 0.25) is 5.02 Å². The topological polar surface area (TPSA) is 17.8 Å². The first kappa shape index (κ1) is 25.9. The molecule has 0 amide bonds. The Labute approximate surface area is 219 Å². The number of nitrogens with zero attached hydrogens (tertiary/aromatic N) is 2. The SMILES string of the molecule is Fc1ccc(F)c(CCc2cccc(-c3c4cccc(C(F)(F)F)c4nn3Cc3ccc(Cl)cc3F)c2)c1. The largest absolute Gasteiger partial charge is 0.418 e. The lowest BCUT2D eigenvalue weighted by molar-refractivity contribution is -0.136. The fraction of sp³-hybridized carbons (Fsp3) is 0.138. The summed E-state index contributed by atoms with van der Waals surface area (Å²) >= 11 is 5.86. The van der Waals surface area contributed by atoms with E-state index in [1.807, 2.05) is 0 Å². The Bertz CT molecular complexity index is 1640. The van der Waals surface area contributed by atoms with Crippen LogP contribution in [-0.2, 0) is 25.6 Å². The normalized spacial score (nSPS) is 11.9. The molecular formula is C29H19ClF6N2. The van der Waals surface area contributed by atoms with Gasteiger partial charge in [-0.1, -0.05) is 48.0 Å². The lowest BCUT2D eigenvalue weighted by Gasteiger charge is -2.11. The van der Waals surface area contributed by atoms with Crippen molar-refractivity contribution in [1.82, 2.24) is 9.78 Å². The van der Waals surface area contributed by atoms with Gasteiger partial charge in [0.25, 0.3) is 0 Å². The molecule has 0 bridgehead atoms. The van der Waals surface area contributed by atoms with E-state index in [0.717, 1.165) is 35.9 Å². The Morgan fingerprint density at radius 1 is 0.763 bits per heavy atom. The van der Waals surface area contributed by atoms with E-state index < -0.39 is 29.2 Å². The highest BCUT2D eigenvalue weighted by atomic mass is 35.5. The maximum absolute atomic E-state index is 14.6. The fourth-order valence-corrected chi connectivity index (χ4v) is 4.66. The van der Waals surface area contributed by atoms with Crippen molar-refractivity contribution >= 4 is 22.5 Å². The Hall–Kier alpha value is -3.78. The molecule has 0 aliphatic rings. The average molecular weight is 545 g/mol. The van der Waals surface area contributed by atoms with Crippen LogP contribution in [0.15, 0.2) is 78.9 Å². The van der Waals surface area contributed by atoms with Crippen molar-refractivity contribution in [2.75, 3.05) is 0 Å². The van der Waals surface area contributed by atoms with Gasteiger partial charge < -0.3 is 0 Å². The molecule has 1 aromatic heterocycles. The summed E-state index contributed by atoms with van der Waals surface area (Å²) in [5.74, 6) is -1.67. The number of aryl methyl sites for hydroxylation is 2. The summed E-state index contributed by atoms with van der Waals surface area (Å²) < 4.78 is 85.0. The van der Waals surface area contributed by atoms with Crippen LogP contribution in [0.5, 0.6) is 0 Å². The van der Waals surface area contributed by atoms with Gasteiger partial charge in [-0.25, -0.2) is 13.2 Å². The summed E-state index contributed by atoms with van der Waals surface area (Å²) in [6.45, 7) is -0.136. The van der Waals surface area contributed by atoms with Crippen molar-refractivity contribution in [3.8, 4) is 11.3 Å². The maximum atomic E-state index is 14.6. The zero-order valence-electron chi connectivity index (χ0n) is 19.7. The first-order valence-corrected chi connectivity index (χ1v) is 12.0. The Morgan fingerprint density at radius 3 is 2.32 bits per heavy atom. The fourth-order valence-electron chi connectivity index (χ4n) is 4.50. The van der Waals surface area contributed by atoms with E-state index in [4.69, 9.17) is 11.6 Å². The lowest BCUT2D eigenvalue weighted by Crippen LogP contribution is -2.07. The van der Waals surface area contributed by atoms with Gasteiger partial charge in [-0.15, -0.1) is 0 Å². The minimum Gasteiger partial charge on any atom is -0.259 e. The number of hydrogen-bond acceptors (Lipinski definition) is 1. The van der Waals surface area contributed by atoms with Gasteiger partial charge >= 0.3 is 6.18 Å². The van der Waals surface area contributed by atoms with Crippen molar-refractivity contribution in [3.63, 3.8) is 0 Å².